The number of azide groups is 1. The highest BCUT2D eigenvalue weighted by Crippen LogP contribution is 2.07. The summed E-state index contributed by atoms with van der Waals surface area (Å²) < 4.78 is 0. The second kappa shape index (κ2) is 5.53. The van der Waals surface area contributed by atoms with Crippen LogP contribution in [0.5, 0.6) is 0 Å². The highest BCUT2D eigenvalue weighted by molar-refractivity contribution is 5.47. The normalized spacial score (nSPS) is 8.60. The Kier molecular flexibility index (Phi) is 4.02. The second-order valence-electron chi connectivity index (χ2n) is 2.91. The van der Waals surface area contributed by atoms with Crippen LogP contribution in [-0.2, 0) is 0 Å². The molecule has 5 nitrogen and oxygen atoms in total. The van der Waals surface area contributed by atoms with Crippen molar-refractivity contribution in [1.82, 2.24) is 4.98 Å². The van der Waals surface area contributed by atoms with Crippen LogP contribution in [0, 0.1) is 18.8 Å². The number of pyridine rings is 1. The summed E-state index contributed by atoms with van der Waals surface area (Å²) in [7, 11) is 0. The Labute approximate surface area is 87.9 Å². The van der Waals surface area contributed by atoms with Crippen molar-refractivity contribution in [2.75, 3.05) is 12.3 Å². The molecule has 0 aliphatic heterocycles. The molecule has 0 aliphatic rings. The average molecular weight is 201 g/mol. The first kappa shape index (κ1) is 10.9. The molecule has 1 rings (SSSR count). The maximum absolute atomic E-state index is 8.05. The number of aryl methyl sites for hydroxylation is 1. The van der Waals surface area contributed by atoms with E-state index < -0.39 is 0 Å². The van der Waals surface area contributed by atoms with E-state index in [2.05, 4.69) is 26.9 Å². The van der Waals surface area contributed by atoms with Gasteiger partial charge in [-0.05, 0) is 18.5 Å². The minimum atomic E-state index is 0.387. The molecule has 0 saturated heterocycles. The highest BCUT2D eigenvalue weighted by Gasteiger charge is 1.95. The number of nitrogen functional groups attached to an aromatic ring is 1. The van der Waals surface area contributed by atoms with Crippen LogP contribution in [0.15, 0.2) is 17.4 Å². The summed E-state index contributed by atoms with van der Waals surface area (Å²) in [5.74, 6) is 5.83. The van der Waals surface area contributed by atoms with E-state index in [-0.39, 0.29) is 0 Å². The summed E-state index contributed by atoms with van der Waals surface area (Å²) in [5, 5.41) is 3.38. The first-order chi connectivity index (χ1) is 7.24. The van der Waals surface area contributed by atoms with Crippen LogP contribution < -0.4 is 5.73 Å². The molecule has 76 valence electrons. The Morgan fingerprint density at radius 2 is 2.47 bits per heavy atom. The largest absolute Gasteiger partial charge is 0.397 e. The summed E-state index contributed by atoms with van der Waals surface area (Å²) >= 11 is 0. The molecular weight excluding hydrogens is 190 g/mol. The molecule has 0 aromatic carbocycles. The average Bonchev–Trinajstić information content (AvgIpc) is 2.23. The van der Waals surface area contributed by atoms with Gasteiger partial charge in [0.2, 0.25) is 0 Å². The smallest absolute Gasteiger partial charge is 0.0530 e. The summed E-state index contributed by atoms with van der Waals surface area (Å²) in [6.07, 6.45) is 2.14. The second-order valence-corrected chi connectivity index (χ2v) is 2.91. The Morgan fingerprint density at radius 1 is 1.67 bits per heavy atom. The number of nitrogens with two attached hydrogens (primary N) is 1. The molecule has 0 radical (unpaired) electrons. The Bertz CT molecular complexity index is 449. The van der Waals surface area contributed by atoms with Gasteiger partial charge in [-0.15, -0.1) is 0 Å². The van der Waals surface area contributed by atoms with E-state index in [4.69, 9.17) is 11.3 Å². The quantitative estimate of drug-likeness (QED) is 0.261. The van der Waals surface area contributed by atoms with E-state index in [1.54, 1.807) is 12.3 Å². The molecular formula is C10H11N5. The van der Waals surface area contributed by atoms with E-state index in [0.717, 1.165) is 11.3 Å². The van der Waals surface area contributed by atoms with Gasteiger partial charge in [0.25, 0.3) is 0 Å². The molecule has 0 atom stereocenters. The fourth-order valence-corrected chi connectivity index (χ4v) is 0.984. The molecule has 5 heteroatoms. The maximum atomic E-state index is 8.05. The summed E-state index contributed by atoms with van der Waals surface area (Å²) in [4.78, 5) is 6.72. The molecule has 15 heavy (non-hydrogen) atoms. The van der Waals surface area contributed by atoms with Crippen LogP contribution in [-0.4, -0.2) is 11.5 Å². The number of rotatable bonds is 2. The summed E-state index contributed by atoms with van der Waals surface area (Å²) in [6.45, 7) is 2.26. The van der Waals surface area contributed by atoms with Gasteiger partial charge < -0.3 is 5.73 Å². The topological polar surface area (TPSA) is 87.7 Å². The lowest BCUT2D eigenvalue weighted by molar-refractivity contribution is 1.01. The fourth-order valence-electron chi connectivity index (χ4n) is 0.984. The minimum absolute atomic E-state index is 0.387. The predicted molar refractivity (Wildman–Crippen MR) is 58.9 cm³/mol. The molecule has 0 amide bonds. The Hall–Kier alpha value is -2.18. The molecule has 0 fully saturated rings. The third kappa shape index (κ3) is 3.59. The molecule has 0 spiro atoms. The van der Waals surface area contributed by atoms with Crippen molar-refractivity contribution in [3.05, 3.63) is 34.0 Å². The Balaban J connectivity index is 2.70. The zero-order chi connectivity index (χ0) is 11.1. The third-order valence-corrected chi connectivity index (χ3v) is 1.73. The van der Waals surface area contributed by atoms with Gasteiger partial charge >= 0.3 is 0 Å². The Morgan fingerprint density at radius 3 is 3.20 bits per heavy atom. The first-order valence-electron chi connectivity index (χ1n) is 4.46. The number of nitrogens with zero attached hydrogens (tertiary/aromatic N) is 4. The lowest BCUT2D eigenvalue weighted by Crippen LogP contribution is -1.92. The van der Waals surface area contributed by atoms with Crippen molar-refractivity contribution in [3.63, 3.8) is 0 Å². The van der Waals surface area contributed by atoms with Crippen LogP contribution in [0.4, 0.5) is 5.69 Å². The predicted octanol–water partition coefficient (Wildman–Crippen LogP) is 2.02. The van der Waals surface area contributed by atoms with E-state index in [1.807, 2.05) is 6.92 Å². The van der Waals surface area contributed by atoms with Crippen molar-refractivity contribution < 1.29 is 0 Å². The van der Waals surface area contributed by atoms with E-state index in [9.17, 15) is 0 Å². The fraction of sp³-hybridized carbons (Fsp3) is 0.300. The molecule has 1 aromatic rings. The van der Waals surface area contributed by atoms with Gasteiger partial charge in [-0.25, -0.2) is 0 Å². The summed E-state index contributed by atoms with van der Waals surface area (Å²) in [5.41, 5.74) is 15.9. The molecule has 0 unspecified atom stereocenters. The third-order valence-electron chi connectivity index (χ3n) is 1.73. The molecule has 0 bridgehead atoms. The number of hydrogen-bond acceptors (Lipinski definition) is 3. The van der Waals surface area contributed by atoms with Crippen molar-refractivity contribution in [2.24, 2.45) is 5.11 Å². The van der Waals surface area contributed by atoms with Gasteiger partial charge in [-0.2, -0.15) is 0 Å². The van der Waals surface area contributed by atoms with E-state index in [1.165, 1.54) is 0 Å². The monoisotopic (exact) mass is 201 g/mol. The zero-order valence-electron chi connectivity index (χ0n) is 8.44. The van der Waals surface area contributed by atoms with Gasteiger partial charge in [0.05, 0.1) is 17.6 Å². The number of aromatic nitrogens is 1. The number of hydrogen-bond donors (Lipinski definition) is 1. The van der Waals surface area contributed by atoms with Crippen molar-refractivity contribution >= 4 is 5.69 Å². The van der Waals surface area contributed by atoms with Gasteiger partial charge in [0, 0.05) is 23.4 Å². The molecule has 1 heterocycles. The van der Waals surface area contributed by atoms with Crippen LogP contribution in [0.3, 0.4) is 0 Å². The maximum Gasteiger partial charge on any atom is 0.0530 e. The van der Waals surface area contributed by atoms with E-state index >= 15 is 0 Å². The van der Waals surface area contributed by atoms with Crippen molar-refractivity contribution in [2.45, 2.75) is 13.3 Å². The van der Waals surface area contributed by atoms with Crippen LogP contribution in [0.25, 0.3) is 10.4 Å². The van der Waals surface area contributed by atoms with Crippen molar-refractivity contribution in [3.8, 4) is 11.8 Å². The molecule has 2 N–H and O–H groups in total. The van der Waals surface area contributed by atoms with Crippen molar-refractivity contribution in [1.29, 1.82) is 0 Å². The van der Waals surface area contributed by atoms with Crippen LogP contribution >= 0.6 is 0 Å². The van der Waals surface area contributed by atoms with Crippen LogP contribution in [0.2, 0.25) is 0 Å². The van der Waals surface area contributed by atoms with Gasteiger partial charge in [0.1, 0.15) is 0 Å². The molecule has 0 saturated carbocycles. The van der Waals surface area contributed by atoms with E-state index in [0.29, 0.717) is 18.7 Å². The molecule has 1 aromatic heterocycles. The van der Waals surface area contributed by atoms with Gasteiger partial charge in [-0.1, -0.05) is 17.0 Å². The standard InChI is InChI=1S/C10H11N5/c1-8-9(6-10(11)7-13-8)4-2-3-5-14-15-12/h6-7H,3,5,11H2,1H3. The SMILES string of the molecule is Cc1ncc(N)cc1C#CCCN=[N+]=[N-]. The van der Waals surface area contributed by atoms with Gasteiger partial charge in [-0.3, -0.25) is 4.98 Å². The molecule has 0 aliphatic carbocycles. The highest BCUT2D eigenvalue weighted by atomic mass is 15.1. The minimum Gasteiger partial charge on any atom is -0.397 e. The lowest BCUT2D eigenvalue weighted by atomic mass is 10.2. The first-order valence-corrected chi connectivity index (χ1v) is 4.46. The lowest BCUT2D eigenvalue weighted by Gasteiger charge is -1.97. The number of anilines is 1. The summed E-state index contributed by atoms with van der Waals surface area (Å²) in [6, 6.07) is 1.78. The van der Waals surface area contributed by atoms with Crippen LogP contribution in [0.1, 0.15) is 17.7 Å². The van der Waals surface area contributed by atoms with Gasteiger partial charge in [0.15, 0.2) is 0 Å². The zero-order valence-corrected chi connectivity index (χ0v) is 8.44.